The maximum atomic E-state index is 9.60. The fourth-order valence-corrected chi connectivity index (χ4v) is 1.70. The van der Waals surface area contributed by atoms with Gasteiger partial charge in [-0.25, -0.2) is 0 Å². The zero-order valence-corrected chi connectivity index (χ0v) is 6.75. The molecular weight excluding hydrogens is 180 g/mol. The Morgan fingerprint density at radius 2 is 1.92 bits per heavy atom. The highest BCUT2D eigenvalue weighted by Gasteiger charge is 2.66. The molecule has 13 heavy (non-hydrogen) atoms. The van der Waals surface area contributed by atoms with E-state index in [1.165, 1.54) is 0 Å². The van der Waals surface area contributed by atoms with Gasteiger partial charge in [-0.3, -0.25) is 11.5 Å². The molecule has 5 unspecified atom stereocenters. The van der Waals surface area contributed by atoms with Crippen LogP contribution in [0.15, 0.2) is 0 Å². The minimum Gasteiger partial charge on any atom is -0.390 e. The minimum atomic E-state index is -2.39. The van der Waals surface area contributed by atoms with Crippen LogP contribution in [0.4, 0.5) is 0 Å². The Morgan fingerprint density at radius 1 is 1.31 bits per heavy atom. The van der Waals surface area contributed by atoms with Gasteiger partial charge in [0, 0.05) is 0 Å². The highest BCUT2D eigenvalue weighted by atomic mass is 16.8. The lowest BCUT2D eigenvalue weighted by molar-refractivity contribution is -0.289. The first-order valence-electron chi connectivity index (χ1n) is 3.86. The molecule has 7 N–H and O–H groups in total. The van der Waals surface area contributed by atoms with E-state index in [1.807, 2.05) is 0 Å². The Labute approximate surface area is 73.8 Å². The normalized spacial score (nSPS) is 61.2. The van der Waals surface area contributed by atoms with Crippen LogP contribution in [-0.4, -0.2) is 46.0 Å². The lowest BCUT2D eigenvalue weighted by atomic mass is 9.92. The SMILES string of the molecule is NC1(O)OC2OCC(O)C2C1(N)O. The first-order valence-corrected chi connectivity index (χ1v) is 3.86. The average molecular weight is 192 g/mol. The number of ether oxygens (including phenoxy) is 2. The second-order valence-electron chi connectivity index (χ2n) is 3.43. The van der Waals surface area contributed by atoms with E-state index in [4.69, 9.17) is 20.9 Å². The summed E-state index contributed by atoms with van der Waals surface area (Å²) in [5.74, 6) is -3.31. The van der Waals surface area contributed by atoms with Crippen molar-refractivity contribution in [3.8, 4) is 0 Å². The zero-order valence-electron chi connectivity index (χ0n) is 6.75. The van der Waals surface area contributed by atoms with E-state index < -0.39 is 29.9 Å². The fourth-order valence-electron chi connectivity index (χ4n) is 1.70. The van der Waals surface area contributed by atoms with Crippen molar-refractivity contribution in [2.24, 2.45) is 17.4 Å². The minimum absolute atomic E-state index is 0.00488. The van der Waals surface area contributed by atoms with E-state index in [2.05, 4.69) is 0 Å². The summed E-state index contributed by atoms with van der Waals surface area (Å²) in [6, 6.07) is 0. The molecule has 2 rings (SSSR count). The zero-order chi connectivity index (χ0) is 9.85. The van der Waals surface area contributed by atoms with Crippen LogP contribution in [0.5, 0.6) is 0 Å². The van der Waals surface area contributed by atoms with Crippen LogP contribution in [-0.2, 0) is 9.47 Å². The summed E-state index contributed by atoms with van der Waals surface area (Å²) in [4.78, 5) is 0. The molecule has 76 valence electrons. The van der Waals surface area contributed by atoms with Gasteiger partial charge in [0.1, 0.15) is 0 Å². The maximum Gasteiger partial charge on any atom is 0.269 e. The molecular formula is C6H12N2O5. The van der Waals surface area contributed by atoms with Crippen LogP contribution in [0.3, 0.4) is 0 Å². The summed E-state index contributed by atoms with van der Waals surface area (Å²) in [6.07, 6.45) is -1.95. The molecule has 2 aliphatic rings. The summed E-state index contributed by atoms with van der Waals surface area (Å²) in [5.41, 5.74) is 8.32. The average Bonchev–Trinajstić information content (AvgIpc) is 2.37. The Hall–Kier alpha value is -0.280. The second-order valence-corrected chi connectivity index (χ2v) is 3.43. The number of hydrogen-bond donors (Lipinski definition) is 5. The van der Waals surface area contributed by atoms with Gasteiger partial charge in [0.15, 0.2) is 12.0 Å². The lowest BCUT2D eigenvalue weighted by Gasteiger charge is -2.32. The van der Waals surface area contributed by atoms with Gasteiger partial charge in [0.25, 0.3) is 5.91 Å². The number of aliphatic hydroxyl groups excluding tert-OH is 1. The van der Waals surface area contributed by atoms with Gasteiger partial charge in [-0.1, -0.05) is 0 Å². The van der Waals surface area contributed by atoms with Crippen molar-refractivity contribution in [2.75, 3.05) is 6.61 Å². The predicted molar refractivity (Wildman–Crippen MR) is 38.6 cm³/mol. The molecule has 7 heteroatoms. The molecule has 2 fully saturated rings. The van der Waals surface area contributed by atoms with Crippen molar-refractivity contribution >= 4 is 0 Å². The summed E-state index contributed by atoms with van der Waals surface area (Å²) < 4.78 is 9.64. The van der Waals surface area contributed by atoms with E-state index in [0.717, 1.165) is 0 Å². The summed E-state index contributed by atoms with van der Waals surface area (Å²) in [7, 11) is 0. The quantitative estimate of drug-likeness (QED) is 0.253. The topological polar surface area (TPSA) is 131 Å². The molecule has 0 saturated carbocycles. The maximum absolute atomic E-state index is 9.60. The molecule has 2 saturated heterocycles. The van der Waals surface area contributed by atoms with Gasteiger partial charge in [-0.15, -0.1) is 0 Å². The van der Waals surface area contributed by atoms with Crippen LogP contribution in [0.1, 0.15) is 0 Å². The summed E-state index contributed by atoms with van der Waals surface area (Å²) in [5, 5.41) is 28.3. The first kappa shape index (κ1) is 9.28. The molecule has 2 heterocycles. The van der Waals surface area contributed by atoms with Gasteiger partial charge in [0.05, 0.1) is 18.6 Å². The monoisotopic (exact) mass is 192 g/mol. The molecule has 0 aromatic rings. The van der Waals surface area contributed by atoms with Crippen molar-refractivity contribution in [3.63, 3.8) is 0 Å². The summed E-state index contributed by atoms with van der Waals surface area (Å²) in [6.45, 7) is 0.00488. The van der Waals surface area contributed by atoms with Gasteiger partial charge < -0.3 is 24.8 Å². The van der Waals surface area contributed by atoms with E-state index in [-0.39, 0.29) is 6.61 Å². The third-order valence-electron chi connectivity index (χ3n) is 2.52. The fraction of sp³-hybridized carbons (Fsp3) is 1.00. The van der Waals surface area contributed by atoms with Crippen molar-refractivity contribution in [3.05, 3.63) is 0 Å². The number of aliphatic hydroxyl groups is 3. The molecule has 0 aromatic heterocycles. The van der Waals surface area contributed by atoms with E-state index in [0.29, 0.717) is 0 Å². The molecule has 5 atom stereocenters. The Morgan fingerprint density at radius 3 is 2.46 bits per heavy atom. The van der Waals surface area contributed by atoms with Crippen molar-refractivity contribution in [2.45, 2.75) is 24.0 Å². The largest absolute Gasteiger partial charge is 0.390 e. The van der Waals surface area contributed by atoms with Crippen LogP contribution < -0.4 is 11.5 Å². The lowest BCUT2D eigenvalue weighted by Crippen LogP contribution is -2.67. The van der Waals surface area contributed by atoms with Crippen LogP contribution >= 0.6 is 0 Å². The molecule has 2 aliphatic heterocycles. The predicted octanol–water partition coefficient (Wildman–Crippen LogP) is -3.40. The highest BCUT2D eigenvalue weighted by molar-refractivity contribution is 5.03. The Bertz CT molecular complexity index is 231. The molecule has 0 aliphatic carbocycles. The highest BCUT2D eigenvalue weighted by Crippen LogP contribution is 2.42. The van der Waals surface area contributed by atoms with Crippen molar-refractivity contribution < 1.29 is 24.8 Å². The molecule has 0 spiro atoms. The van der Waals surface area contributed by atoms with E-state index in [9.17, 15) is 15.3 Å². The third-order valence-corrected chi connectivity index (χ3v) is 2.52. The Kier molecular flexibility index (Phi) is 1.71. The van der Waals surface area contributed by atoms with Crippen molar-refractivity contribution in [1.29, 1.82) is 0 Å². The number of hydrogen-bond acceptors (Lipinski definition) is 7. The first-order chi connectivity index (χ1) is 5.86. The third kappa shape index (κ3) is 1.03. The van der Waals surface area contributed by atoms with Crippen LogP contribution in [0.2, 0.25) is 0 Å². The van der Waals surface area contributed by atoms with Gasteiger partial charge >= 0.3 is 0 Å². The molecule has 0 aromatic carbocycles. The standard InChI is InChI=1S/C6H12N2O5/c7-5(10)3-2(9)1-12-4(3)13-6(5,8)11/h2-4,9-11H,1,7-8H2. The van der Waals surface area contributed by atoms with Crippen LogP contribution in [0, 0.1) is 5.92 Å². The van der Waals surface area contributed by atoms with Crippen molar-refractivity contribution in [1.82, 2.24) is 0 Å². The number of nitrogens with two attached hydrogens (primary N) is 2. The Balaban J connectivity index is 2.32. The van der Waals surface area contributed by atoms with Gasteiger partial charge in [-0.05, 0) is 0 Å². The molecule has 0 radical (unpaired) electrons. The van der Waals surface area contributed by atoms with E-state index in [1.54, 1.807) is 0 Å². The van der Waals surface area contributed by atoms with E-state index >= 15 is 0 Å². The smallest absolute Gasteiger partial charge is 0.269 e. The molecule has 0 bridgehead atoms. The van der Waals surface area contributed by atoms with Gasteiger partial charge in [-0.2, -0.15) is 0 Å². The number of rotatable bonds is 0. The van der Waals surface area contributed by atoms with Gasteiger partial charge in [0.2, 0.25) is 0 Å². The number of fused-ring (bicyclic) bond motifs is 1. The second kappa shape index (κ2) is 2.39. The van der Waals surface area contributed by atoms with Crippen LogP contribution in [0.25, 0.3) is 0 Å². The summed E-state index contributed by atoms with van der Waals surface area (Å²) >= 11 is 0. The molecule has 0 amide bonds. The molecule has 7 nitrogen and oxygen atoms in total.